The van der Waals surface area contributed by atoms with Gasteiger partial charge in [0.1, 0.15) is 11.5 Å². The van der Waals surface area contributed by atoms with E-state index in [1.165, 1.54) is 12.8 Å². The number of pyridine rings is 1. The number of carbonyl (C=O) groups is 1. The molecule has 0 atom stereocenters. The third-order valence-corrected chi connectivity index (χ3v) is 3.68. The van der Waals surface area contributed by atoms with E-state index in [2.05, 4.69) is 22.1 Å². The van der Waals surface area contributed by atoms with Gasteiger partial charge in [-0.25, -0.2) is 4.98 Å². The molecule has 4 nitrogen and oxygen atoms in total. The van der Waals surface area contributed by atoms with Gasteiger partial charge in [-0.05, 0) is 30.9 Å². The van der Waals surface area contributed by atoms with Crippen LogP contribution in [0.3, 0.4) is 0 Å². The highest BCUT2D eigenvalue weighted by molar-refractivity contribution is 5.91. The third kappa shape index (κ3) is 5.20. The van der Waals surface area contributed by atoms with Crippen molar-refractivity contribution in [3.8, 4) is 11.8 Å². The number of anilines is 1. The first-order chi connectivity index (χ1) is 10.3. The summed E-state index contributed by atoms with van der Waals surface area (Å²) in [4.78, 5) is 16.6. The lowest BCUT2D eigenvalue weighted by Gasteiger charge is -2.13. The minimum absolute atomic E-state index is 0.0467. The van der Waals surface area contributed by atoms with Crippen LogP contribution in [0.15, 0.2) is 18.2 Å². The molecule has 1 amide bonds. The first-order valence-electron chi connectivity index (χ1n) is 7.67. The Morgan fingerprint density at radius 3 is 2.76 bits per heavy atom. The lowest BCUT2D eigenvalue weighted by molar-refractivity contribution is -0.120. The molecule has 1 saturated carbocycles. The van der Waals surface area contributed by atoms with Crippen molar-refractivity contribution in [2.45, 2.75) is 44.9 Å². The van der Waals surface area contributed by atoms with Crippen molar-refractivity contribution < 1.29 is 9.90 Å². The quantitative estimate of drug-likeness (QED) is 0.663. The van der Waals surface area contributed by atoms with E-state index in [1.807, 2.05) is 6.07 Å². The minimum Gasteiger partial charge on any atom is -0.395 e. The molecule has 2 rings (SSSR count). The maximum Gasteiger partial charge on any atom is 0.228 e. The van der Waals surface area contributed by atoms with Crippen LogP contribution < -0.4 is 5.32 Å². The lowest BCUT2D eigenvalue weighted by atomic mass is 9.99. The summed E-state index contributed by atoms with van der Waals surface area (Å²) in [7, 11) is 0. The van der Waals surface area contributed by atoms with E-state index in [9.17, 15) is 4.79 Å². The number of hydrogen-bond donors (Lipinski definition) is 2. The Labute approximate surface area is 126 Å². The van der Waals surface area contributed by atoms with E-state index in [0.717, 1.165) is 25.7 Å². The highest BCUT2D eigenvalue weighted by Crippen LogP contribution is 2.23. The summed E-state index contributed by atoms with van der Waals surface area (Å²) >= 11 is 0. The second-order valence-electron chi connectivity index (χ2n) is 5.36. The molecule has 1 aromatic heterocycles. The summed E-state index contributed by atoms with van der Waals surface area (Å²) in [5.41, 5.74) is 0.613. The number of rotatable bonds is 3. The predicted octanol–water partition coefficient (Wildman–Crippen LogP) is 2.72. The van der Waals surface area contributed by atoms with Gasteiger partial charge >= 0.3 is 0 Å². The third-order valence-electron chi connectivity index (χ3n) is 3.68. The highest BCUT2D eigenvalue weighted by Gasteiger charge is 2.20. The lowest BCUT2D eigenvalue weighted by Crippen LogP contribution is -2.22. The Kier molecular flexibility index (Phi) is 6.23. The molecule has 0 saturated heterocycles. The zero-order chi connectivity index (χ0) is 14.9. The summed E-state index contributed by atoms with van der Waals surface area (Å²) in [6.07, 6.45) is 7.12. The standard InChI is InChI=1S/C17H22N2O2/c20-13-6-5-10-15-11-7-12-16(18-15)19-17(21)14-8-3-1-2-4-9-14/h7,11-12,14,20H,1-4,6,8-9,13H2,(H,18,19,21). The topological polar surface area (TPSA) is 62.2 Å². The Bertz CT molecular complexity index is 523. The molecule has 0 radical (unpaired) electrons. The highest BCUT2D eigenvalue weighted by atomic mass is 16.2. The van der Waals surface area contributed by atoms with Crippen molar-refractivity contribution in [2.75, 3.05) is 11.9 Å². The van der Waals surface area contributed by atoms with Crippen LogP contribution in [0.2, 0.25) is 0 Å². The predicted molar refractivity (Wildman–Crippen MR) is 82.6 cm³/mol. The van der Waals surface area contributed by atoms with Crippen molar-refractivity contribution in [3.05, 3.63) is 23.9 Å². The number of carbonyl (C=O) groups excluding carboxylic acids is 1. The second-order valence-corrected chi connectivity index (χ2v) is 5.36. The van der Waals surface area contributed by atoms with Gasteiger partial charge in [-0.3, -0.25) is 4.79 Å². The second kappa shape index (κ2) is 8.43. The van der Waals surface area contributed by atoms with E-state index in [4.69, 9.17) is 5.11 Å². The van der Waals surface area contributed by atoms with Crippen molar-refractivity contribution in [2.24, 2.45) is 5.92 Å². The van der Waals surface area contributed by atoms with Crippen LogP contribution in [0, 0.1) is 17.8 Å². The fraction of sp³-hybridized carbons (Fsp3) is 0.529. The minimum atomic E-state index is 0.0467. The average Bonchev–Trinajstić information content (AvgIpc) is 2.77. The summed E-state index contributed by atoms with van der Waals surface area (Å²) in [5, 5.41) is 11.6. The molecule has 1 heterocycles. The van der Waals surface area contributed by atoms with E-state index in [1.54, 1.807) is 12.1 Å². The SMILES string of the molecule is O=C(Nc1cccc(C#CCCO)n1)C1CCCCCC1. The van der Waals surface area contributed by atoms with Crippen LogP contribution in [-0.2, 0) is 4.79 Å². The number of hydrogen-bond acceptors (Lipinski definition) is 3. The fourth-order valence-electron chi connectivity index (χ4n) is 2.55. The van der Waals surface area contributed by atoms with Gasteiger partial charge in [0.25, 0.3) is 0 Å². The Hall–Kier alpha value is -1.86. The molecule has 21 heavy (non-hydrogen) atoms. The van der Waals surface area contributed by atoms with E-state index in [-0.39, 0.29) is 18.4 Å². The van der Waals surface area contributed by atoms with Gasteiger partial charge in [0, 0.05) is 12.3 Å². The molecular formula is C17H22N2O2. The molecule has 0 spiro atoms. The monoisotopic (exact) mass is 286 g/mol. The van der Waals surface area contributed by atoms with E-state index >= 15 is 0 Å². The number of nitrogens with zero attached hydrogens (tertiary/aromatic N) is 1. The summed E-state index contributed by atoms with van der Waals surface area (Å²) in [6, 6.07) is 5.41. The Morgan fingerprint density at radius 1 is 1.29 bits per heavy atom. The number of nitrogens with one attached hydrogen (secondary N) is 1. The molecule has 1 aromatic rings. The van der Waals surface area contributed by atoms with E-state index < -0.39 is 0 Å². The van der Waals surface area contributed by atoms with Gasteiger partial charge in [-0.15, -0.1) is 0 Å². The largest absolute Gasteiger partial charge is 0.395 e. The van der Waals surface area contributed by atoms with Crippen molar-refractivity contribution in [1.82, 2.24) is 4.98 Å². The normalized spacial score (nSPS) is 15.7. The van der Waals surface area contributed by atoms with Gasteiger partial charge in [0.2, 0.25) is 5.91 Å². The fourth-order valence-corrected chi connectivity index (χ4v) is 2.55. The van der Waals surface area contributed by atoms with Gasteiger partial charge in [0.15, 0.2) is 0 Å². The molecule has 1 fully saturated rings. The Morgan fingerprint density at radius 2 is 2.05 bits per heavy atom. The zero-order valence-corrected chi connectivity index (χ0v) is 12.3. The summed E-state index contributed by atoms with van der Waals surface area (Å²) < 4.78 is 0. The molecule has 0 bridgehead atoms. The molecule has 0 aliphatic heterocycles. The van der Waals surface area contributed by atoms with Crippen LogP contribution >= 0.6 is 0 Å². The van der Waals surface area contributed by atoms with Crippen LogP contribution in [0.5, 0.6) is 0 Å². The van der Waals surface area contributed by atoms with Gasteiger partial charge in [-0.2, -0.15) is 0 Å². The van der Waals surface area contributed by atoms with Gasteiger partial charge in [-0.1, -0.05) is 37.7 Å². The molecule has 0 unspecified atom stereocenters. The first kappa shape index (κ1) is 15.5. The number of aromatic nitrogens is 1. The molecule has 112 valence electrons. The zero-order valence-electron chi connectivity index (χ0n) is 12.3. The smallest absolute Gasteiger partial charge is 0.228 e. The summed E-state index contributed by atoms with van der Waals surface area (Å²) in [6.45, 7) is 0.0467. The maximum atomic E-state index is 12.3. The molecule has 1 aliphatic rings. The summed E-state index contributed by atoms with van der Waals surface area (Å²) in [5.74, 6) is 6.44. The van der Waals surface area contributed by atoms with Gasteiger partial charge in [0.05, 0.1) is 6.61 Å². The first-order valence-corrected chi connectivity index (χ1v) is 7.67. The van der Waals surface area contributed by atoms with Crippen LogP contribution in [0.25, 0.3) is 0 Å². The van der Waals surface area contributed by atoms with Crippen molar-refractivity contribution in [1.29, 1.82) is 0 Å². The number of aliphatic hydroxyl groups is 1. The molecule has 0 aromatic carbocycles. The molecule has 1 aliphatic carbocycles. The average molecular weight is 286 g/mol. The maximum absolute atomic E-state index is 12.3. The Balaban J connectivity index is 1.97. The number of amides is 1. The van der Waals surface area contributed by atoms with Crippen LogP contribution in [-0.4, -0.2) is 22.6 Å². The van der Waals surface area contributed by atoms with E-state index in [0.29, 0.717) is 17.9 Å². The van der Waals surface area contributed by atoms with Crippen LogP contribution in [0.1, 0.15) is 50.6 Å². The molecular weight excluding hydrogens is 264 g/mol. The molecule has 2 N–H and O–H groups in total. The van der Waals surface area contributed by atoms with Crippen molar-refractivity contribution in [3.63, 3.8) is 0 Å². The number of aliphatic hydroxyl groups excluding tert-OH is 1. The van der Waals surface area contributed by atoms with Crippen LogP contribution in [0.4, 0.5) is 5.82 Å². The molecule has 4 heteroatoms. The van der Waals surface area contributed by atoms with Gasteiger partial charge < -0.3 is 10.4 Å². The van der Waals surface area contributed by atoms with Crippen molar-refractivity contribution >= 4 is 11.7 Å².